The van der Waals surface area contributed by atoms with Crippen molar-refractivity contribution in [3.05, 3.63) is 48.0 Å². The van der Waals surface area contributed by atoms with Crippen LogP contribution in [0.25, 0.3) is 10.8 Å². The molecule has 1 aliphatic heterocycles. The normalized spacial score (nSPS) is 18.0. The van der Waals surface area contributed by atoms with Gasteiger partial charge in [-0.05, 0) is 35.1 Å². The summed E-state index contributed by atoms with van der Waals surface area (Å²) in [5.74, 6) is 0.624. The highest BCUT2D eigenvalue weighted by Crippen LogP contribution is 2.23. The minimum Gasteiger partial charge on any atom is -0.381 e. The van der Waals surface area contributed by atoms with E-state index in [-0.39, 0.29) is 6.04 Å². The van der Waals surface area contributed by atoms with Gasteiger partial charge >= 0.3 is 0 Å². The molecule has 2 aromatic rings. The maximum Gasteiger partial charge on any atom is 0.0659 e. The Kier molecular flexibility index (Phi) is 4.86. The molecule has 3 rings (SSSR count). The number of nitrogens with two attached hydrogens (primary N) is 1. The van der Waals surface area contributed by atoms with Gasteiger partial charge in [0.05, 0.1) is 12.6 Å². The summed E-state index contributed by atoms with van der Waals surface area (Å²) in [6.45, 7) is 3.10. The Morgan fingerprint density at radius 3 is 2.71 bits per heavy atom. The van der Waals surface area contributed by atoms with Crippen LogP contribution in [0.2, 0.25) is 0 Å². The molecule has 0 saturated carbocycles. The second-order valence-electron chi connectivity index (χ2n) is 5.77. The molecule has 0 aromatic heterocycles. The molecule has 112 valence electrons. The van der Waals surface area contributed by atoms with Crippen molar-refractivity contribution in [3.8, 4) is 0 Å². The van der Waals surface area contributed by atoms with E-state index in [0.29, 0.717) is 12.5 Å². The van der Waals surface area contributed by atoms with Crippen molar-refractivity contribution < 1.29 is 9.47 Å². The molecule has 2 N–H and O–H groups in total. The lowest BCUT2D eigenvalue weighted by Gasteiger charge is -2.23. The lowest BCUT2D eigenvalue weighted by Crippen LogP contribution is -2.23. The number of benzene rings is 2. The monoisotopic (exact) mass is 285 g/mol. The molecule has 3 nitrogen and oxygen atoms in total. The summed E-state index contributed by atoms with van der Waals surface area (Å²) >= 11 is 0. The SMILES string of the molecule is NC(COCC1CCOCC1)c1cccc2ccccc12. The Hall–Kier alpha value is -1.42. The molecule has 0 bridgehead atoms. The third-order valence-corrected chi connectivity index (χ3v) is 4.21. The summed E-state index contributed by atoms with van der Waals surface area (Å²) in [7, 11) is 0. The van der Waals surface area contributed by atoms with Gasteiger partial charge in [-0.15, -0.1) is 0 Å². The number of hydrogen-bond donors (Lipinski definition) is 1. The van der Waals surface area contributed by atoms with Crippen molar-refractivity contribution in [1.29, 1.82) is 0 Å². The molecule has 2 aromatic carbocycles. The van der Waals surface area contributed by atoms with Crippen molar-refractivity contribution in [2.75, 3.05) is 26.4 Å². The first-order chi connectivity index (χ1) is 10.3. The average Bonchev–Trinajstić information content (AvgIpc) is 2.55. The maximum atomic E-state index is 6.33. The van der Waals surface area contributed by atoms with Crippen LogP contribution in [0.1, 0.15) is 24.4 Å². The van der Waals surface area contributed by atoms with E-state index in [0.717, 1.165) is 32.7 Å². The molecular weight excluding hydrogens is 262 g/mol. The topological polar surface area (TPSA) is 44.5 Å². The van der Waals surface area contributed by atoms with Crippen LogP contribution in [0, 0.1) is 5.92 Å². The van der Waals surface area contributed by atoms with Crippen LogP contribution in [-0.4, -0.2) is 26.4 Å². The Balaban J connectivity index is 1.60. The Morgan fingerprint density at radius 2 is 1.86 bits per heavy atom. The summed E-state index contributed by atoms with van der Waals surface area (Å²) in [4.78, 5) is 0. The summed E-state index contributed by atoms with van der Waals surface area (Å²) in [6.07, 6.45) is 2.20. The van der Waals surface area contributed by atoms with Gasteiger partial charge in [-0.2, -0.15) is 0 Å². The zero-order chi connectivity index (χ0) is 14.5. The van der Waals surface area contributed by atoms with Gasteiger partial charge in [-0.1, -0.05) is 42.5 Å². The van der Waals surface area contributed by atoms with Gasteiger partial charge in [0.25, 0.3) is 0 Å². The van der Waals surface area contributed by atoms with Crippen LogP contribution in [0.4, 0.5) is 0 Å². The molecule has 1 unspecified atom stereocenters. The van der Waals surface area contributed by atoms with Gasteiger partial charge < -0.3 is 15.2 Å². The number of ether oxygens (including phenoxy) is 2. The fourth-order valence-corrected chi connectivity index (χ4v) is 2.94. The van der Waals surface area contributed by atoms with Gasteiger partial charge in [0.1, 0.15) is 0 Å². The van der Waals surface area contributed by atoms with Crippen LogP contribution in [0.3, 0.4) is 0 Å². The fourth-order valence-electron chi connectivity index (χ4n) is 2.94. The third kappa shape index (κ3) is 3.62. The van der Waals surface area contributed by atoms with E-state index in [1.807, 2.05) is 0 Å². The van der Waals surface area contributed by atoms with Crippen molar-refractivity contribution in [2.24, 2.45) is 11.7 Å². The summed E-state index contributed by atoms with van der Waals surface area (Å²) in [5.41, 5.74) is 7.49. The standard InChI is InChI=1S/C18H23NO2/c19-18(13-21-12-14-8-10-20-11-9-14)17-7-3-5-15-4-1-2-6-16(15)17/h1-7,14,18H,8-13,19H2. The molecule has 1 atom stereocenters. The lowest BCUT2D eigenvalue weighted by atomic mass is 9.99. The number of hydrogen-bond acceptors (Lipinski definition) is 3. The molecule has 1 fully saturated rings. The minimum absolute atomic E-state index is 0.0732. The summed E-state index contributed by atoms with van der Waals surface area (Å²) in [6, 6.07) is 14.6. The number of fused-ring (bicyclic) bond motifs is 1. The lowest BCUT2D eigenvalue weighted by molar-refractivity contribution is 0.0175. The van der Waals surface area contributed by atoms with E-state index >= 15 is 0 Å². The van der Waals surface area contributed by atoms with Crippen molar-refractivity contribution in [2.45, 2.75) is 18.9 Å². The zero-order valence-corrected chi connectivity index (χ0v) is 12.3. The van der Waals surface area contributed by atoms with Crippen LogP contribution in [0.15, 0.2) is 42.5 Å². The predicted molar refractivity (Wildman–Crippen MR) is 85.2 cm³/mol. The first-order valence-corrected chi connectivity index (χ1v) is 7.73. The van der Waals surface area contributed by atoms with E-state index in [9.17, 15) is 0 Å². The summed E-state index contributed by atoms with van der Waals surface area (Å²) in [5, 5.41) is 2.46. The van der Waals surface area contributed by atoms with Gasteiger partial charge in [0, 0.05) is 19.8 Å². The molecule has 0 radical (unpaired) electrons. The van der Waals surface area contributed by atoms with Crippen molar-refractivity contribution >= 4 is 10.8 Å². The minimum atomic E-state index is -0.0732. The smallest absolute Gasteiger partial charge is 0.0659 e. The Morgan fingerprint density at radius 1 is 1.10 bits per heavy atom. The summed E-state index contributed by atoms with van der Waals surface area (Å²) < 4.78 is 11.2. The molecule has 0 spiro atoms. The fraction of sp³-hybridized carbons (Fsp3) is 0.444. The number of rotatable bonds is 5. The van der Waals surface area contributed by atoms with Crippen LogP contribution < -0.4 is 5.73 Å². The molecule has 0 amide bonds. The van der Waals surface area contributed by atoms with E-state index in [4.69, 9.17) is 15.2 Å². The molecule has 0 aliphatic carbocycles. The van der Waals surface area contributed by atoms with Gasteiger partial charge in [-0.3, -0.25) is 0 Å². The quantitative estimate of drug-likeness (QED) is 0.917. The first-order valence-electron chi connectivity index (χ1n) is 7.73. The molecule has 1 aliphatic rings. The zero-order valence-electron chi connectivity index (χ0n) is 12.3. The predicted octanol–water partition coefficient (Wildman–Crippen LogP) is 3.28. The second kappa shape index (κ2) is 7.03. The molecule has 1 heterocycles. The highest BCUT2D eigenvalue weighted by molar-refractivity contribution is 5.86. The van der Waals surface area contributed by atoms with Crippen molar-refractivity contribution in [3.63, 3.8) is 0 Å². The van der Waals surface area contributed by atoms with Crippen LogP contribution in [0.5, 0.6) is 0 Å². The van der Waals surface area contributed by atoms with E-state index in [2.05, 4.69) is 42.5 Å². The highest BCUT2D eigenvalue weighted by atomic mass is 16.5. The Labute approximate surface area is 126 Å². The van der Waals surface area contributed by atoms with Gasteiger partial charge in [0.15, 0.2) is 0 Å². The first kappa shape index (κ1) is 14.5. The molecule has 21 heavy (non-hydrogen) atoms. The molecule has 3 heteroatoms. The largest absolute Gasteiger partial charge is 0.381 e. The van der Waals surface area contributed by atoms with E-state index < -0.39 is 0 Å². The third-order valence-electron chi connectivity index (χ3n) is 4.21. The van der Waals surface area contributed by atoms with Gasteiger partial charge in [0.2, 0.25) is 0 Å². The second-order valence-corrected chi connectivity index (χ2v) is 5.77. The van der Waals surface area contributed by atoms with Crippen molar-refractivity contribution in [1.82, 2.24) is 0 Å². The van der Waals surface area contributed by atoms with Crippen LogP contribution in [-0.2, 0) is 9.47 Å². The molecular formula is C18H23NO2. The Bertz CT molecular complexity index is 573. The highest BCUT2D eigenvalue weighted by Gasteiger charge is 2.15. The van der Waals surface area contributed by atoms with Gasteiger partial charge in [-0.25, -0.2) is 0 Å². The van der Waals surface area contributed by atoms with E-state index in [1.54, 1.807) is 0 Å². The average molecular weight is 285 g/mol. The van der Waals surface area contributed by atoms with E-state index in [1.165, 1.54) is 16.3 Å². The maximum absolute atomic E-state index is 6.33. The molecule has 1 saturated heterocycles. The van der Waals surface area contributed by atoms with Crippen LogP contribution >= 0.6 is 0 Å².